The van der Waals surface area contributed by atoms with Crippen molar-refractivity contribution in [1.82, 2.24) is 4.98 Å². The van der Waals surface area contributed by atoms with Crippen LogP contribution in [0.4, 0.5) is 11.5 Å². The lowest BCUT2D eigenvalue weighted by molar-refractivity contribution is 0.281. The number of aliphatic hydroxyl groups excluding tert-OH is 1. The standard InChI is InChI=1S/C18H24N2O/c1-5-6-16-10-15(12-21)11-18(19-16)20(4)17-8-13(2)7-14(3)9-17/h7-11,21H,5-6,12H2,1-4H3. The molecule has 0 radical (unpaired) electrons. The minimum absolute atomic E-state index is 0.0485. The van der Waals surface area contributed by atoms with Gasteiger partial charge in [-0.25, -0.2) is 4.98 Å². The molecule has 2 aromatic rings. The first-order valence-electron chi connectivity index (χ1n) is 7.46. The van der Waals surface area contributed by atoms with E-state index in [2.05, 4.69) is 43.9 Å². The molecule has 0 aliphatic carbocycles. The molecule has 3 heteroatoms. The Morgan fingerprint density at radius 2 is 1.71 bits per heavy atom. The van der Waals surface area contributed by atoms with Crippen LogP contribution >= 0.6 is 0 Å². The third-order valence-electron chi connectivity index (χ3n) is 3.55. The lowest BCUT2D eigenvalue weighted by Gasteiger charge is -2.21. The summed E-state index contributed by atoms with van der Waals surface area (Å²) in [4.78, 5) is 6.80. The van der Waals surface area contributed by atoms with Crippen molar-refractivity contribution in [1.29, 1.82) is 0 Å². The molecule has 0 saturated heterocycles. The van der Waals surface area contributed by atoms with Gasteiger partial charge >= 0.3 is 0 Å². The summed E-state index contributed by atoms with van der Waals surface area (Å²) in [6.45, 7) is 6.39. The van der Waals surface area contributed by atoms with E-state index >= 15 is 0 Å². The zero-order chi connectivity index (χ0) is 15.4. The molecule has 0 bridgehead atoms. The molecule has 1 aromatic heterocycles. The summed E-state index contributed by atoms with van der Waals surface area (Å²) in [7, 11) is 2.02. The van der Waals surface area contributed by atoms with E-state index in [0.29, 0.717) is 0 Å². The number of anilines is 2. The van der Waals surface area contributed by atoms with Gasteiger partial charge in [-0.05, 0) is 61.2 Å². The lowest BCUT2D eigenvalue weighted by Crippen LogP contribution is -2.13. The first-order valence-corrected chi connectivity index (χ1v) is 7.46. The molecule has 1 aromatic carbocycles. The molecule has 0 fully saturated rings. The Bertz CT molecular complexity index is 602. The molecule has 21 heavy (non-hydrogen) atoms. The smallest absolute Gasteiger partial charge is 0.133 e. The Morgan fingerprint density at radius 3 is 2.29 bits per heavy atom. The van der Waals surface area contributed by atoms with E-state index in [1.54, 1.807) is 0 Å². The fraction of sp³-hybridized carbons (Fsp3) is 0.389. The Kier molecular flexibility index (Phi) is 4.97. The Labute approximate surface area is 127 Å². The summed E-state index contributed by atoms with van der Waals surface area (Å²) in [6.07, 6.45) is 1.98. The molecule has 0 amide bonds. The molecule has 0 aliphatic rings. The minimum Gasteiger partial charge on any atom is -0.392 e. The molecule has 0 unspecified atom stereocenters. The van der Waals surface area contributed by atoms with Crippen molar-refractivity contribution in [3.05, 3.63) is 52.7 Å². The third kappa shape index (κ3) is 3.82. The van der Waals surface area contributed by atoms with Crippen LogP contribution in [-0.4, -0.2) is 17.1 Å². The van der Waals surface area contributed by atoms with Crippen LogP contribution < -0.4 is 4.90 Å². The summed E-state index contributed by atoms with van der Waals surface area (Å²) in [5.74, 6) is 0.884. The second-order valence-electron chi connectivity index (χ2n) is 5.64. The van der Waals surface area contributed by atoms with Crippen molar-refractivity contribution in [2.75, 3.05) is 11.9 Å². The van der Waals surface area contributed by atoms with Gasteiger partial charge in [0.15, 0.2) is 0 Å². The highest BCUT2D eigenvalue weighted by molar-refractivity contribution is 5.61. The molecule has 0 spiro atoms. The van der Waals surface area contributed by atoms with Gasteiger partial charge in [0.05, 0.1) is 6.61 Å². The SMILES string of the molecule is CCCc1cc(CO)cc(N(C)c2cc(C)cc(C)c2)n1. The molecule has 0 atom stereocenters. The quantitative estimate of drug-likeness (QED) is 0.904. The van der Waals surface area contributed by atoms with Gasteiger partial charge < -0.3 is 10.0 Å². The maximum Gasteiger partial charge on any atom is 0.133 e. The van der Waals surface area contributed by atoms with Gasteiger partial charge in [0.2, 0.25) is 0 Å². The predicted octanol–water partition coefficient (Wildman–Crippen LogP) is 3.91. The van der Waals surface area contributed by atoms with Gasteiger partial charge in [0.1, 0.15) is 5.82 Å². The van der Waals surface area contributed by atoms with Crippen LogP contribution in [0.2, 0.25) is 0 Å². The summed E-state index contributed by atoms with van der Waals surface area (Å²) >= 11 is 0. The van der Waals surface area contributed by atoms with Crippen molar-refractivity contribution in [3.63, 3.8) is 0 Å². The molecule has 0 saturated carbocycles. The first-order chi connectivity index (χ1) is 10.0. The van der Waals surface area contributed by atoms with E-state index < -0.39 is 0 Å². The first kappa shape index (κ1) is 15.5. The fourth-order valence-electron chi connectivity index (χ4n) is 2.56. The van der Waals surface area contributed by atoms with Crippen molar-refractivity contribution in [2.24, 2.45) is 0 Å². The van der Waals surface area contributed by atoms with E-state index in [0.717, 1.165) is 35.6 Å². The summed E-state index contributed by atoms with van der Waals surface area (Å²) in [6, 6.07) is 10.4. The second kappa shape index (κ2) is 6.72. The Morgan fingerprint density at radius 1 is 1.05 bits per heavy atom. The van der Waals surface area contributed by atoms with Crippen LogP contribution in [0, 0.1) is 13.8 Å². The minimum atomic E-state index is 0.0485. The molecule has 1 heterocycles. The normalized spacial score (nSPS) is 10.7. The molecule has 1 N–H and O–H groups in total. The Hall–Kier alpha value is -1.87. The number of aromatic nitrogens is 1. The van der Waals surface area contributed by atoms with Crippen LogP contribution in [0.25, 0.3) is 0 Å². The Balaban J connectivity index is 2.41. The van der Waals surface area contributed by atoms with Crippen molar-refractivity contribution < 1.29 is 5.11 Å². The molecule has 112 valence electrons. The molecule has 0 aliphatic heterocycles. The van der Waals surface area contributed by atoms with Crippen LogP contribution in [0.5, 0.6) is 0 Å². The third-order valence-corrected chi connectivity index (χ3v) is 3.55. The fourth-order valence-corrected chi connectivity index (χ4v) is 2.56. The topological polar surface area (TPSA) is 36.4 Å². The molecule has 2 rings (SSSR count). The molecular weight excluding hydrogens is 260 g/mol. The number of aryl methyl sites for hydroxylation is 3. The van der Waals surface area contributed by atoms with Gasteiger partial charge in [0.25, 0.3) is 0 Å². The number of rotatable bonds is 5. The number of benzene rings is 1. The van der Waals surface area contributed by atoms with Gasteiger partial charge in [-0.2, -0.15) is 0 Å². The van der Waals surface area contributed by atoms with Gasteiger partial charge in [-0.3, -0.25) is 0 Å². The van der Waals surface area contributed by atoms with Gasteiger partial charge in [-0.15, -0.1) is 0 Å². The zero-order valence-corrected chi connectivity index (χ0v) is 13.3. The molecule has 3 nitrogen and oxygen atoms in total. The highest BCUT2D eigenvalue weighted by Crippen LogP contribution is 2.25. The van der Waals surface area contributed by atoms with E-state index in [9.17, 15) is 5.11 Å². The average Bonchev–Trinajstić information content (AvgIpc) is 2.45. The van der Waals surface area contributed by atoms with Crippen molar-refractivity contribution in [3.8, 4) is 0 Å². The monoisotopic (exact) mass is 284 g/mol. The zero-order valence-electron chi connectivity index (χ0n) is 13.3. The average molecular weight is 284 g/mol. The van der Waals surface area contributed by atoms with Crippen LogP contribution in [0.15, 0.2) is 30.3 Å². The highest BCUT2D eigenvalue weighted by Gasteiger charge is 2.09. The predicted molar refractivity (Wildman–Crippen MR) is 88.1 cm³/mol. The van der Waals surface area contributed by atoms with E-state index in [1.165, 1.54) is 11.1 Å². The van der Waals surface area contributed by atoms with Gasteiger partial charge in [0, 0.05) is 18.4 Å². The number of nitrogens with zero attached hydrogens (tertiary/aromatic N) is 2. The second-order valence-corrected chi connectivity index (χ2v) is 5.64. The van der Waals surface area contributed by atoms with E-state index in [4.69, 9.17) is 4.98 Å². The number of aliphatic hydroxyl groups is 1. The van der Waals surface area contributed by atoms with Crippen molar-refractivity contribution >= 4 is 11.5 Å². The van der Waals surface area contributed by atoms with Crippen LogP contribution in [-0.2, 0) is 13.0 Å². The lowest BCUT2D eigenvalue weighted by atomic mass is 10.1. The van der Waals surface area contributed by atoms with Crippen molar-refractivity contribution in [2.45, 2.75) is 40.2 Å². The summed E-state index contributed by atoms with van der Waals surface area (Å²) < 4.78 is 0. The number of hydrogen-bond acceptors (Lipinski definition) is 3. The maximum absolute atomic E-state index is 9.45. The number of pyridine rings is 1. The van der Waals surface area contributed by atoms with E-state index in [-0.39, 0.29) is 6.61 Å². The maximum atomic E-state index is 9.45. The summed E-state index contributed by atoms with van der Waals surface area (Å²) in [5, 5.41) is 9.45. The van der Waals surface area contributed by atoms with Crippen LogP contribution in [0.3, 0.4) is 0 Å². The van der Waals surface area contributed by atoms with E-state index in [1.807, 2.05) is 19.2 Å². The number of hydrogen-bond donors (Lipinski definition) is 1. The summed E-state index contributed by atoms with van der Waals surface area (Å²) in [5.41, 5.74) is 5.56. The highest BCUT2D eigenvalue weighted by atomic mass is 16.3. The molecular formula is C18H24N2O. The van der Waals surface area contributed by atoms with Crippen LogP contribution in [0.1, 0.15) is 35.7 Å². The largest absolute Gasteiger partial charge is 0.392 e. The van der Waals surface area contributed by atoms with Gasteiger partial charge in [-0.1, -0.05) is 19.4 Å².